The van der Waals surface area contributed by atoms with E-state index < -0.39 is 0 Å². The molecule has 1 aromatic carbocycles. The van der Waals surface area contributed by atoms with Crippen LogP contribution in [0.2, 0.25) is 5.02 Å². The first-order chi connectivity index (χ1) is 6.74. The first-order valence-electron chi connectivity index (χ1n) is 4.45. The number of allylic oxidation sites excluding steroid dienone is 1. The Hall–Kier alpha value is -0.660. The average Bonchev–Trinajstić information content (AvgIpc) is 2.18. The Morgan fingerprint density at radius 2 is 2.14 bits per heavy atom. The van der Waals surface area contributed by atoms with Crippen molar-refractivity contribution in [1.29, 1.82) is 0 Å². The third kappa shape index (κ3) is 3.60. The number of rotatable bonds is 4. The lowest BCUT2D eigenvalue weighted by molar-refractivity contribution is 1.31. The van der Waals surface area contributed by atoms with Gasteiger partial charge in [0.15, 0.2) is 0 Å². The Labute approximate surface area is 94.7 Å². The van der Waals surface area contributed by atoms with Crippen LogP contribution in [0.15, 0.2) is 30.4 Å². The van der Waals surface area contributed by atoms with E-state index >= 15 is 0 Å². The predicted octanol–water partition coefficient (Wildman–Crippen LogP) is 3.86. The van der Waals surface area contributed by atoms with Crippen molar-refractivity contribution in [3.8, 4) is 0 Å². The minimum atomic E-state index is 0.545. The van der Waals surface area contributed by atoms with Gasteiger partial charge in [0.05, 0.1) is 10.7 Å². The molecule has 0 amide bonds. The highest BCUT2D eigenvalue weighted by Gasteiger charge is 1.97. The summed E-state index contributed by atoms with van der Waals surface area (Å²) in [6.45, 7) is 2.78. The van der Waals surface area contributed by atoms with Crippen molar-refractivity contribution in [3.63, 3.8) is 0 Å². The molecule has 1 aromatic rings. The molecule has 1 rings (SSSR count). The Bertz CT molecular complexity index is 321. The van der Waals surface area contributed by atoms with Gasteiger partial charge in [-0.05, 0) is 24.6 Å². The zero-order valence-electron chi connectivity index (χ0n) is 8.06. The molecule has 0 heterocycles. The molecule has 0 bridgehead atoms. The van der Waals surface area contributed by atoms with Crippen molar-refractivity contribution in [2.24, 2.45) is 0 Å². The third-order valence-electron chi connectivity index (χ3n) is 1.79. The van der Waals surface area contributed by atoms with Gasteiger partial charge in [-0.1, -0.05) is 29.8 Å². The molecule has 1 N–H and O–H groups in total. The molecule has 3 heteroatoms. The highest BCUT2D eigenvalue weighted by Crippen LogP contribution is 2.22. The number of anilines is 1. The van der Waals surface area contributed by atoms with E-state index in [1.807, 2.05) is 37.3 Å². The lowest BCUT2D eigenvalue weighted by Gasteiger charge is -2.06. The summed E-state index contributed by atoms with van der Waals surface area (Å²) in [7, 11) is 0. The minimum absolute atomic E-state index is 0.545. The van der Waals surface area contributed by atoms with Crippen LogP contribution in [-0.2, 0) is 0 Å². The lowest BCUT2D eigenvalue weighted by Crippen LogP contribution is -1.99. The van der Waals surface area contributed by atoms with E-state index in [-0.39, 0.29) is 0 Å². The highest BCUT2D eigenvalue weighted by molar-refractivity contribution is 6.33. The summed E-state index contributed by atoms with van der Waals surface area (Å²) in [6.07, 6.45) is 3.88. The van der Waals surface area contributed by atoms with E-state index in [0.717, 1.165) is 17.3 Å². The number of benzene rings is 1. The quantitative estimate of drug-likeness (QED) is 0.611. The topological polar surface area (TPSA) is 12.0 Å². The van der Waals surface area contributed by atoms with Gasteiger partial charge in [0.25, 0.3) is 0 Å². The minimum Gasteiger partial charge on any atom is -0.380 e. The molecule has 76 valence electrons. The van der Waals surface area contributed by atoms with Gasteiger partial charge >= 0.3 is 0 Å². The molecular weight excluding hydrogens is 217 g/mol. The van der Waals surface area contributed by atoms with Crippen LogP contribution >= 0.6 is 23.2 Å². The van der Waals surface area contributed by atoms with Crippen LogP contribution in [0.1, 0.15) is 5.56 Å². The Morgan fingerprint density at radius 3 is 2.86 bits per heavy atom. The molecule has 0 aliphatic heterocycles. The monoisotopic (exact) mass is 229 g/mol. The summed E-state index contributed by atoms with van der Waals surface area (Å²) in [5.74, 6) is 0.545. The summed E-state index contributed by atoms with van der Waals surface area (Å²) in [5.41, 5.74) is 2.16. The van der Waals surface area contributed by atoms with E-state index in [1.165, 1.54) is 5.56 Å². The van der Waals surface area contributed by atoms with Gasteiger partial charge in [-0.3, -0.25) is 0 Å². The van der Waals surface area contributed by atoms with E-state index in [9.17, 15) is 0 Å². The van der Waals surface area contributed by atoms with E-state index in [0.29, 0.717) is 5.88 Å². The maximum atomic E-state index is 6.00. The second kappa shape index (κ2) is 5.94. The number of halogens is 2. The lowest BCUT2D eigenvalue weighted by atomic mass is 10.2. The fraction of sp³-hybridized carbons (Fsp3) is 0.273. The molecule has 1 nitrogen and oxygen atoms in total. The average molecular weight is 230 g/mol. The molecule has 0 saturated heterocycles. The van der Waals surface area contributed by atoms with E-state index in [2.05, 4.69) is 5.32 Å². The molecule has 14 heavy (non-hydrogen) atoms. The van der Waals surface area contributed by atoms with Crippen molar-refractivity contribution in [2.75, 3.05) is 17.7 Å². The molecule has 0 fully saturated rings. The van der Waals surface area contributed by atoms with Gasteiger partial charge in [-0.25, -0.2) is 0 Å². The van der Waals surface area contributed by atoms with Gasteiger partial charge in [0, 0.05) is 12.4 Å². The Kier molecular flexibility index (Phi) is 4.85. The maximum absolute atomic E-state index is 6.00. The van der Waals surface area contributed by atoms with Crippen LogP contribution < -0.4 is 5.32 Å². The molecule has 0 spiro atoms. The molecule has 0 atom stereocenters. The second-order valence-electron chi connectivity index (χ2n) is 2.99. The summed E-state index contributed by atoms with van der Waals surface area (Å²) in [5, 5.41) is 3.96. The number of nitrogens with one attached hydrogen (secondary N) is 1. The summed E-state index contributed by atoms with van der Waals surface area (Å²) in [4.78, 5) is 0. The van der Waals surface area contributed by atoms with Crippen molar-refractivity contribution in [2.45, 2.75) is 6.92 Å². The van der Waals surface area contributed by atoms with Crippen molar-refractivity contribution >= 4 is 28.9 Å². The molecule has 0 aromatic heterocycles. The van der Waals surface area contributed by atoms with Gasteiger partial charge in [0.1, 0.15) is 0 Å². The van der Waals surface area contributed by atoms with Gasteiger partial charge in [0.2, 0.25) is 0 Å². The molecule has 0 aliphatic carbocycles. The fourth-order valence-corrected chi connectivity index (χ4v) is 1.40. The molecule has 0 saturated carbocycles. The number of alkyl halides is 1. The van der Waals surface area contributed by atoms with Gasteiger partial charge in [-0.15, -0.1) is 11.6 Å². The first kappa shape index (κ1) is 11.4. The van der Waals surface area contributed by atoms with Crippen LogP contribution in [-0.4, -0.2) is 12.4 Å². The van der Waals surface area contributed by atoms with Crippen molar-refractivity contribution < 1.29 is 0 Å². The SMILES string of the molecule is Cc1ccc(Cl)c(NC/C=C/CCl)c1. The van der Waals surface area contributed by atoms with Crippen LogP contribution in [0.3, 0.4) is 0 Å². The van der Waals surface area contributed by atoms with E-state index in [1.54, 1.807) is 0 Å². The number of aryl methyl sites for hydroxylation is 1. The number of hydrogen-bond acceptors (Lipinski definition) is 1. The third-order valence-corrected chi connectivity index (χ3v) is 2.30. The van der Waals surface area contributed by atoms with Crippen LogP contribution in [0.4, 0.5) is 5.69 Å². The van der Waals surface area contributed by atoms with E-state index in [4.69, 9.17) is 23.2 Å². The normalized spacial score (nSPS) is 10.8. The van der Waals surface area contributed by atoms with Gasteiger partial charge in [-0.2, -0.15) is 0 Å². The zero-order valence-corrected chi connectivity index (χ0v) is 9.57. The first-order valence-corrected chi connectivity index (χ1v) is 5.36. The smallest absolute Gasteiger partial charge is 0.0637 e. The highest BCUT2D eigenvalue weighted by atomic mass is 35.5. The Balaban J connectivity index is 2.57. The molecule has 0 unspecified atom stereocenters. The Morgan fingerprint density at radius 1 is 1.36 bits per heavy atom. The molecule has 0 radical (unpaired) electrons. The summed E-state index contributed by atoms with van der Waals surface area (Å²) >= 11 is 11.5. The summed E-state index contributed by atoms with van der Waals surface area (Å²) < 4.78 is 0. The van der Waals surface area contributed by atoms with Crippen LogP contribution in [0.25, 0.3) is 0 Å². The van der Waals surface area contributed by atoms with Gasteiger partial charge < -0.3 is 5.32 Å². The zero-order chi connectivity index (χ0) is 10.4. The fourth-order valence-electron chi connectivity index (χ4n) is 1.09. The van der Waals surface area contributed by atoms with Crippen molar-refractivity contribution in [1.82, 2.24) is 0 Å². The van der Waals surface area contributed by atoms with Crippen molar-refractivity contribution in [3.05, 3.63) is 40.9 Å². The van der Waals surface area contributed by atoms with Crippen LogP contribution in [0, 0.1) is 6.92 Å². The summed E-state index contributed by atoms with van der Waals surface area (Å²) in [6, 6.07) is 5.91. The standard InChI is InChI=1S/C11H13Cl2N/c1-9-4-5-10(13)11(8-9)14-7-3-2-6-12/h2-5,8,14H,6-7H2,1H3/b3-2+. The predicted molar refractivity (Wildman–Crippen MR) is 64.5 cm³/mol. The second-order valence-corrected chi connectivity index (χ2v) is 3.71. The maximum Gasteiger partial charge on any atom is 0.0637 e. The number of hydrogen-bond donors (Lipinski definition) is 1. The molecule has 0 aliphatic rings. The largest absolute Gasteiger partial charge is 0.380 e. The molecular formula is C11H13Cl2N. The van der Waals surface area contributed by atoms with Crippen LogP contribution in [0.5, 0.6) is 0 Å².